The Kier molecular flexibility index (Phi) is 6.23. The predicted octanol–water partition coefficient (Wildman–Crippen LogP) is 2.12. The number of fused-ring (bicyclic) bond motifs is 2. The van der Waals surface area contributed by atoms with E-state index in [-0.39, 0.29) is 17.7 Å². The van der Waals surface area contributed by atoms with Crippen molar-refractivity contribution in [1.29, 1.82) is 0 Å². The normalized spacial score (nSPS) is 24.8. The minimum absolute atomic E-state index is 0.0603. The van der Waals surface area contributed by atoms with E-state index in [1.807, 2.05) is 31.3 Å². The fourth-order valence-corrected chi connectivity index (χ4v) is 4.85. The number of para-hydroxylation sites is 1. The highest BCUT2D eigenvalue weighted by atomic mass is 16.5. The number of rotatable bonds is 4. The van der Waals surface area contributed by atoms with Crippen molar-refractivity contribution in [2.45, 2.75) is 38.6 Å². The van der Waals surface area contributed by atoms with E-state index in [0.29, 0.717) is 31.1 Å². The zero-order valence-corrected chi connectivity index (χ0v) is 20.4. The van der Waals surface area contributed by atoms with Crippen molar-refractivity contribution >= 4 is 23.3 Å². The number of amidine groups is 1. The van der Waals surface area contributed by atoms with Gasteiger partial charge in [0.2, 0.25) is 5.91 Å². The molecule has 4 aliphatic heterocycles. The topological polar surface area (TPSA) is 98.3 Å². The molecule has 3 N–H and O–H groups in total. The van der Waals surface area contributed by atoms with E-state index in [4.69, 9.17) is 9.73 Å². The molecule has 0 radical (unpaired) electrons. The fourth-order valence-electron chi connectivity index (χ4n) is 4.85. The first kappa shape index (κ1) is 23.0. The lowest BCUT2D eigenvalue weighted by atomic mass is 10.1. The Morgan fingerprint density at radius 2 is 2.17 bits per heavy atom. The lowest BCUT2D eigenvalue weighted by Crippen LogP contribution is -2.50. The Morgan fingerprint density at radius 3 is 2.94 bits per heavy atom. The molecule has 9 heteroatoms. The number of aliphatic imine (C=N–C) groups is 1. The Morgan fingerprint density at radius 1 is 1.31 bits per heavy atom. The second kappa shape index (κ2) is 9.48. The monoisotopic (exact) mass is 476 g/mol. The molecule has 0 aromatic heterocycles. The molecule has 5 rings (SSSR count). The van der Waals surface area contributed by atoms with Crippen LogP contribution >= 0.6 is 0 Å². The smallest absolute Gasteiger partial charge is 0.270 e. The van der Waals surface area contributed by atoms with Gasteiger partial charge in [0.1, 0.15) is 29.0 Å². The maximum absolute atomic E-state index is 13.5. The lowest BCUT2D eigenvalue weighted by Gasteiger charge is -2.34. The van der Waals surface area contributed by atoms with E-state index in [2.05, 4.69) is 35.1 Å². The summed E-state index contributed by atoms with van der Waals surface area (Å²) < 4.78 is 5.93. The molecule has 1 aromatic rings. The number of hydrazine groups is 1. The van der Waals surface area contributed by atoms with E-state index in [1.165, 1.54) is 0 Å². The van der Waals surface area contributed by atoms with Crippen molar-refractivity contribution < 1.29 is 14.3 Å². The molecule has 9 nitrogen and oxygen atoms in total. The van der Waals surface area contributed by atoms with Crippen LogP contribution in [0, 0.1) is 5.92 Å². The first-order chi connectivity index (χ1) is 16.9. The molecule has 0 aliphatic carbocycles. The summed E-state index contributed by atoms with van der Waals surface area (Å²) in [6, 6.07) is 5.49. The molecule has 2 atom stereocenters. The van der Waals surface area contributed by atoms with Gasteiger partial charge in [-0.3, -0.25) is 15.0 Å². The number of carbonyl (C=O) groups is 2. The molecule has 0 unspecified atom stereocenters. The standard InChI is InChI=1S/C26H32N6O3/c1-16-9-10-21-20(27-2)15-23(28-18-8-4-6-17-7-5-13-35-24(17)18)30-32(21)22(14-16)25(33)29-19-11-12-31(3)26(19)34/h4,6,8,10,14-16,19,27H,5,7,9,11-13H2,1-3H3,(H,28,30)(H,29,33)/t16-,19-/m1/s1. The number of nitrogens with zero attached hydrogens (tertiary/aromatic N) is 3. The number of likely N-dealkylation sites (tertiary alicyclic amines) is 1. The number of aryl methyl sites for hydroxylation is 1. The number of benzene rings is 1. The number of amides is 2. The van der Waals surface area contributed by atoms with Crippen LogP contribution in [0.1, 0.15) is 31.7 Å². The molecule has 4 aliphatic rings. The minimum atomic E-state index is -0.510. The highest BCUT2D eigenvalue weighted by molar-refractivity contribution is 6.01. The predicted molar refractivity (Wildman–Crippen MR) is 134 cm³/mol. The molecule has 0 saturated carbocycles. The highest BCUT2D eigenvalue weighted by Crippen LogP contribution is 2.36. The molecule has 4 heterocycles. The molecule has 1 fully saturated rings. The van der Waals surface area contributed by atoms with Crippen LogP contribution in [0.2, 0.25) is 0 Å². The zero-order valence-electron chi connectivity index (χ0n) is 20.4. The van der Waals surface area contributed by atoms with Crippen molar-refractivity contribution in [3.05, 3.63) is 59.1 Å². The van der Waals surface area contributed by atoms with Gasteiger partial charge in [0.25, 0.3) is 5.91 Å². The molecule has 0 bridgehead atoms. The Bertz CT molecular complexity index is 1170. The maximum atomic E-state index is 13.5. The van der Waals surface area contributed by atoms with Gasteiger partial charge in [-0.2, -0.15) is 0 Å². The SMILES string of the molecule is CNC1=CC(=Nc2cccc3c2OCCC3)NN2C(C(=O)N[C@@H]3CCN(C)C3=O)=C[C@H](C)CC=C12. The van der Waals surface area contributed by atoms with Crippen molar-refractivity contribution in [1.82, 2.24) is 26.0 Å². The van der Waals surface area contributed by atoms with Crippen LogP contribution in [0.4, 0.5) is 5.69 Å². The van der Waals surface area contributed by atoms with Crippen LogP contribution in [0.15, 0.2) is 58.5 Å². The Hall–Kier alpha value is -3.75. The van der Waals surface area contributed by atoms with Gasteiger partial charge in [-0.1, -0.05) is 25.1 Å². The molecule has 1 saturated heterocycles. The molecule has 184 valence electrons. The number of nitrogens with one attached hydrogen (secondary N) is 3. The van der Waals surface area contributed by atoms with Gasteiger partial charge in [-0.15, -0.1) is 0 Å². The summed E-state index contributed by atoms with van der Waals surface area (Å²) in [6.45, 7) is 3.39. The van der Waals surface area contributed by atoms with Crippen LogP contribution in [-0.4, -0.2) is 60.8 Å². The van der Waals surface area contributed by atoms with E-state index in [0.717, 1.165) is 47.7 Å². The van der Waals surface area contributed by atoms with Crippen LogP contribution in [0.3, 0.4) is 0 Å². The summed E-state index contributed by atoms with van der Waals surface area (Å²) in [5.41, 5.74) is 7.37. The van der Waals surface area contributed by atoms with Crippen molar-refractivity contribution in [2.75, 3.05) is 27.2 Å². The number of hydrogen-bond donors (Lipinski definition) is 3. The van der Waals surface area contributed by atoms with Crippen LogP contribution in [0.25, 0.3) is 0 Å². The van der Waals surface area contributed by atoms with Gasteiger partial charge in [-0.05, 0) is 49.3 Å². The van der Waals surface area contributed by atoms with Gasteiger partial charge in [0, 0.05) is 26.7 Å². The third kappa shape index (κ3) is 4.50. The number of hydrogen-bond acceptors (Lipinski definition) is 6. The van der Waals surface area contributed by atoms with E-state index in [9.17, 15) is 9.59 Å². The van der Waals surface area contributed by atoms with Crippen LogP contribution in [-0.2, 0) is 16.0 Å². The second-order valence-corrected chi connectivity index (χ2v) is 9.40. The Labute approximate surface area is 205 Å². The molecular weight excluding hydrogens is 444 g/mol. The fraction of sp³-hybridized carbons (Fsp3) is 0.423. The Balaban J connectivity index is 1.48. The molecule has 2 amide bonds. The van der Waals surface area contributed by atoms with Crippen molar-refractivity contribution in [3.63, 3.8) is 0 Å². The maximum Gasteiger partial charge on any atom is 0.270 e. The van der Waals surface area contributed by atoms with Gasteiger partial charge in [-0.25, -0.2) is 10.0 Å². The van der Waals surface area contributed by atoms with Gasteiger partial charge >= 0.3 is 0 Å². The van der Waals surface area contributed by atoms with Crippen LogP contribution < -0.4 is 20.8 Å². The van der Waals surface area contributed by atoms with Gasteiger partial charge in [0.15, 0.2) is 0 Å². The summed E-state index contributed by atoms with van der Waals surface area (Å²) in [7, 11) is 3.61. The number of likely N-dealkylation sites (N-methyl/N-ethyl adjacent to an activating group) is 2. The van der Waals surface area contributed by atoms with Crippen molar-refractivity contribution in [3.8, 4) is 5.75 Å². The van der Waals surface area contributed by atoms with Gasteiger partial charge < -0.3 is 20.3 Å². The zero-order chi connectivity index (χ0) is 24.5. The number of carbonyl (C=O) groups excluding carboxylic acids is 2. The van der Waals surface area contributed by atoms with E-state index >= 15 is 0 Å². The summed E-state index contributed by atoms with van der Waals surface area (Å²) in [4.78, 5) is 32.4. The van der Waals surface area contributed by atoms with E-state index in [1.54, 1.807) is 17.0 Å². The first-order valence-electron chi connectivity index (χ1n) is 12.2. The largest absolute Gasteiger partial charge is 0.491 e. The molecule has 0 spiro atoms. The highest BCUT2D eigenvalue weighted by Gasteiger charge is 2.35. The van der Waals surface area contributed by atoms with Crippen LogP contribution in [0.5, 0.6) is 5.75 Å². The number of allylic oxidation sites excluding steroid dienone is 2. The average Bonchev–Trinajstić information content (AvgIpc) is 3.07. The average molecular weight is 477 g/mol. The molecule has 35 heavy (non-hydrogen) atoms. The third-order valence-corrected chi connectivity index (χ3v) is 6.78. The van der Waals surface area contributed by atoms with E-state index < -0.39 is 6.04 Å². The molecular formula is C26H32N6O3. The summed E-state index contributed by atoms with van der Waals surface area (Å²) in [5.74, 6) is 1.19. The minimum Gasteiger partial charge on any atom is -0.491 e. The summed E-state index contributed by atoms with van der Waals surface area (Å²) in [6.07, 6.45) is 9.34. The second-order valence-electron chi connectivity index (χ2n) is 9.40. The number of ether oxygens (including phenoxy) is 1. The molecule has 1 aromatic carbocycles. The van der Waals surface area contributed by atoms with Gasteiger partial charge in [0.05, 0.1) is 18.0 Å². The third-order valence-electron chi connectivity index (χ3n) is 6.78. The summed E-state index contributed by atoms with van der Waals surface area (Å²) >= 11 is 0. The summed E-state index contributed by atoms with van der Waals surface area (Å²) in [5, 5.41) is 7.96. The van der Waals surface area contributed by atoms with Crippen molar-refractivity contribution in [2.24, 2.45) is 10.9 Å². The quantitative estimate of drug-likeness (QED) is 0.616. The lowest BCUT2D eigenvalue weighted by molar-refractivity contribution is -0.131. The first-order valence-corrected chi connectivity index (χ1v) is 12.2.